The van der Waals surface area contributed by atoms with Crippen LogP contribution in [0.1, 0.15) is 31.4 Å². The molecule has 0 amide bonds. The third-order valence-corrected chi connectivity index (χ3v) is 4.22. The standard InChI is InChI=1S/C13H23N3O/c1-11-5-8-16(15-11)9-6-12-4-3-7-13(12,10-17)14-2/h5,8,12,14,17H,3-4,6-7,9-10H2,1-2H3. The molecule has 1 aromatic heterocycles. The molecule has 0 saturated heterocycles. The summed E-state index contributed by atoms with van der Waals surface area (Å²) < 4.78 is 2.01. The van der Waals surface area contributed by atoms with E-state index in [-0.39, 0.29) is 12.1 Å². The fraction of sp³-hybridized carbons (Fsp3) is 0.769. The lowest BCUT2D eigenvalue weighted by Crippen LogP contribution is -2.49. The second-order valence-electron chi connectivity index (χ2n) is 5.16. The molecule has 0 spiro atoms. The fourth-order valence-corrected chi connectivity index (χ4v) is 3.06. The van der Waals surface area contributed by atoms with Crippen LogP contribution in [0.25, 0.3) is 0 Å². The van der Waals surface area contributed by atoms with Gasteiger partial charge in [-0.05, 0) is 45.2 Å². The first kappa shape index (κ1) is 12.6. The quantitative estimate of drug-likeness (QED) is 0.812. The monoisotopic (exact) mass is 237 g/mol. The van der Waals surface area contributed by atoms with Crippen molar-refractivity contribution in [1.82, 2.24) is 15.1 Å². The number of aliphatic hydroxyl groups excluding tert-OH is 1. The summed E-state index contributed by atoms with van der Waals surface area (Å²) >= 11 is 0. The van der Waals surface area contributed by atoms with Crippen LogP contribution < -0.4 is 5.32 Å². The van der Waals surface area contributed by atoms with Crippen LogP contribution in [-0.2, 0) is 6.54 Å². The molecule has 2 N–H and O–H groups in total. The summed E-state index contributed by atoms with van der Waals surface area (Å²) in [6.45, 7) is 3.20. The topological polar surface area (TPSA) is 50.1 Å². The van der Waals surface area contributed by atoms with Gasteiger partial charge in [0.05, 0.1) is 12.3 Å². The maximum Gasteiger partial charge on any atom is 0.0615 e. The Kier molecular flexibility index (Phi) is 3.84. The predicted molar refractivity (Wildman–Crippen MR) is 67.8 cm³/mol. The highest BCUT2D eigenvalue weighted by Gasteiger charge is 2.40. The highest BCUT2D eigenvalue weighted by Crippen LogP contribution is 2.37. The summed E-state index contributed by atoms with van der Waals surface area (Å²) in [5.41, 5.74) is 1.01. The van der Waals surface area contributed by atoms with Crippen molar-refractivity contribution in [3.63, 3.8) is 0 Å². The Bertz CT molecular complexity index is 357. The van der Waals surface area contributed by atoms with E-state index >= 15 is 0 Å². The molecule has 1 aliphatic rings. The minimum absolute atomic E-state index is 0.0534. The first-order valence-corrected chi connectivity index (χ1v) is 6.50. The average molecular weight is 237 g/mol. The first-order valence-electron chi connectivity index (χ1n) is 6.50. The van der Waals surface area contributed by atoms with Crippen molar-refractivity contribution in [2.75, 3.05) is 13.7 Å². The zero-order chi connectivity index (χ0) is 12.3. The van der Waals surface area contributed by atoms with Crippen molar-refractivity contribution in [2.24, 2.45) is 5.92 Å². The number of nitrogens with one attached hydrogen (secondary N) is 1. The SMILES string of the molecule is CNC1(CO)CCCC1CCn1ccc(C)n1. The zero-order valence-electron chi connectivity index (χ0n) is 10.8. The van der Waals surface area contributed by atoms with Crippen LogP contribution in [0.4, 0.5) is 0 Å². The molecule has 0 bridgehead atoms. The number of aryl methyl sites for hydroxylation is 2. The molecule has 2 unspecified atom stereocenters. The molecule has 0 aliphatic heterocycles. The number of rotatable bonds is 5. The van der Waals surface area contributed by atoms with Crippen LogP contribution in [0.5, 0.6) is 0 Å². The Morgan fingerprint density at radius 2 is 2.47 bits per heavy atom. The molecule has 1 saturated carbocycles. The van der Waals surface area contributed by atoms with Gasteiger partial charge in [0.25, 0.3) is 0 Å². The van der Waals surface area contributed by atoms with Crippen LogP contribution in [0, 0.1) is 12.8 Å². The van der Waals surface area contributed by atoms with E-state index in [0.29, 0.717) is 5.92 Å². The molecule has 0 aromatic carbocycles. The summed E-state index contributed by atoms with van der Waals surface area (Å²) in [6, 6.07) is 2.03. The van der Waals surface area contributed by atoms with E-state index in [1.165, 1.54) is 12.8 Å². The van der Waals surface area contributed by atoms with Gasteiger partial charge in [-0.2, -0.15) is 5.10 Å². The van der Waals surface area contributed by atoms with E-state index in [4.69, 9.17) is 0 Å². The van der Waals surface area contributed by atoms with E-state index in [1.54, 1.807) is 0 Å². The Morgan fingerprint density at radius 1 is 1.65 bits per heavy atom. The molecule has 96 valence electrons. The summed E-state index contributed by atoms with van der Waals surface area (Å²) in [5.74, 6) is 0.557. The molecule has 1 aromatic rings. The van der Waals surface area contributed by atoms with E-state index in [1.807, 2.05) is 30.9 Å². The lowest BCUT2D eigenvalue weighted by atomic mass is 9.85. The maximum atomic E-state index is 9.60. The Morgan fingerprint density at radius 3 is 3.06 bits per heavy atom. The maximum absolute atomic E-state index is 9.60. The molecule has 17 heavy (non-hydrogen) atoms. The van der Waals surface area contributed by atoms with Gasteiger partial charge in [-0.15, -0.1) is 0 Å². The number of likely N-dealkylation sites (N-methyl/N-ethyl adjacent to an activating group) is 1. The minimum Gasteiger partial charge on any atom is -0.394 e. The number of hydrogen-bond donors (Lipinski definition) is 2. The Hall–Kier alpha value is -0.870. The third-order valence-electron chi connectivity index (χ3n) is 4.22. The van der Waals surface area contributed by atoms with Gasteiger partial charge in [0.15, 0.2) is 0 Å². The van der Waals surface area contributed by atoms with E-state index < -0.39 is 0 Å². The molecule has 4 heteroatoms. The van der Waals surface area contributed by atoms with Crippen molar-refractivity contribution in [3.8, 4) is 0 Å². The lowest BCUT2D eigenvalue weighted by Gasteiger charge is -2.33. The summed E-state index contributed by atoms with van der Waals surface area (Å²) in [5, 5.41) is 17.3. The van der Waals surface area contributed by atoms with E-state index in [2.05, 4.69) is 10.4 Å². The van der Waals surface area contributed by atoms with Gasteiger partial charge in [0.1, 0.15) is 0 Å². The predicted octanol–water partition coefficient (Wildman–Crippen LogP) is 1.33. The second-order valence-corrected chi connectivity index (χ2v) is 5.16. The molecule has 2 atom stereocenters. The molecule has 1 fully saturated rings. The molecule has 1 heterocycles. The normalized spacial score (nSPS) is 28.8. The first-order chi connectivity index (χ1) is 8.20. The van der Waals surface area contributed by atoms with E-state index in [0.717, 1.165) is 25.1 Å². The highest BCUT2D eigenvalue weighted by atomic mass is 16.3. The Labute approximate surface area is 103 Å². The number of aliphatic hydroxyl groups is 1. The van der Waals surface area contributed by atoms with Crippen LogP contribution in [0.3, 0.4) is 0 Å². The summed E-state index contributed by atoms with van der Waals surface area (Å²) in [4.78, 5) is 0. The van der Waals surface area contributed by atoms with Gasteiger partial charge in [-0.1, -0.05) is 6.42 Å². The van der Waals surface area contributed by atoms with Crippen molar-refractivity contribution in [2.45, 2.75) is 44.7 Å². The van der Waals surface area contributed by atoms with Gasteiger partial charge >= 0.3 is 0 Å². The number of nitrogens with zero attached hydrogens (tertiary/aromatic N) is 2. The van der Waals surface area contributed by atoms with Crippen LogP contribution in [-0.4, -0.2) is 34.1 Å². The lowest BCUT2D eigenvalue weighted by molar-refractivity contribution is 0.124. The van der Waals surface area contributed by atoms with Crippen LogP contribution in [0.15, 0.2) is 12.3 Å². The van der Waals surface area contributed by atoms with Crippen molar-refractivity contribution in [1.29, 1.82) is 0 Å². The average Bonchev–Trinajstić information content (AvgIpc) is 2.93. The molecular weight excluding hydrogens is 214 g/mol. The fourth-order valence-electron chi connectivity index (χ4n) is 3.06. The van der Waals surface area contributed by atoms with Crippen molar-refractivity contribution in [3.05, 3.63) is 18.0 Å². The molecule has 1 aliphatic carbocycles. The van der Waals surface area contributed by atoms with Crippen LogP contribution >= 0.6 is 0 Å². The summed E-state index contributed by atoms with van der Waals surface area (Å²) in [6.07, 6.45) is 6.63. The van der Waals surface area contributed by atoms with Gasteiger partial charge in [-0.25, -0.2) is 0 Å². The second kappa shape index (κ2) is 5.19. The van der Waals surface area contributed by atoms with Crippen molar-refractivity contribution >= 4 is 0 Å². The number of hydrogen-bond acceptors (Lipinski definition) is 3. The minimum atomic E-state index is -0.0534. The smallest absolute Gasteiger partial charge is 0.0615 e. The third kappa shape index (κ3) is 2.53. The molecule has 0 radical (unpaired) electrons. The highest BCUT2D eigenvalue weighted by molar-refractivity contribution is 4.99. The van der Waals surface area contributed by atoms with E-state index in [9.17, 15) is 5.11 Å². The van der Waals surface area contributed by atoms with Gasteiger partial charge in [-0.3, -0.25) is 4.68 Å². The number of aromatic nitrogens is 2. The van der Waals surface area contributed by atoms with Gasteiger partial charge < -0.3 is 10.4 Å². The Balaban J connectivity index is 1.94. The van der Waals surface area contributed by atoms with Crippen LogP contribution in [0.2, 0.25) is 0 Å². The molecule has 4 nitrogen and oxygen atoms in total. The van der Waals surface area contributed by atoms with Gasteiger partial charge in [0.2, 0.25) is 0 Å². The zero-order valence-corrected chi connectivity index (χ0v) is 10.8. The molecular formula is C13H23N3O. The summed E-state index contributed by atoms with van der Waals surface area (Å²) in [7, 11) is 1.96. The largest absolute Gasteiger partial charge is 0.394 e. The van der Waals surface area contributed by atoms with Gasteiger partial charge in [0, 0.05) is 18.3 Å². The van der Waals surface area contributed by atoms with Crippen molar-refractivity contribution < 1.29 is 5.11 Å². The molecule has 2 rings (SSSR count).